The van der Waals surface area contributed by atoms with E-state index in [0.29, 0.717) is 0 Å². The van der Waals surface area contributed by atoms with Crippen LogP contribution < -0.4 is 5.84 Å². The number of hydrogen-bond acceptors (Lipinski definition) is 3. The molecule has 0 atom stereocenters. The zero-order chi connectivity index (χ0) is 15.5. The zero-order valence-electron chi connectivity index (χ0n) is 14.2. The molecule has 2 N–H and O–H groups in total. The third-order valence-corrected chi connectivity index (χ3v) is 5.84. The largest absolute Gasteiger partial charge is 0.303 e. The average Bonchev–Trinajstić information content (AvgIpc) is 2.53. The highest BCUT2D eigenvalue weighted by atomic mass is 15.4. The molecule has 2 aliphatic rings. The first-order valence-corrected chi connectivity index (χ1v) is 8.91. The molecular formula is C19H31N3. The number of likely N-dealkylation sites (tertiary alicyclic amines) is 1. The van der Waals surface area contributed by atoms with E-state index in [1.807, 2.05) is 5.01 Å². The van der Waals surface area contributed by atoms with Gasteiger partial charge in [0, 0.05) is 19.6 Å². The van der Waals surface area contributed by atoms with Crippen molar-refractivity contribution >= 4 is 0 Å². The molecule has 3 nitrogen and oxygen atoms in total. The lowest BCUT2D eigenvalue weighted by Crippen LogP contribution is -2.43. The highest BCUT2D eigenvalue weighted by molar-refractivity contribution is 5.35. The van der Waals surface area contributed by atoms with Crippen LogP contribution in [0.15, 0.2) is 18.2 Å². The molecule has 3 rings (SSSR count). The van der Waals surface area contributed by atoms with Gasteiger partial charge in [0.25, 0.3) is 0 Å². The first-order valence-electron chi connectivity index (χ1n) is 8.91. The van der Waals surface area contributed by atoms with E-state index in [2.05, 4.69) is 36.9 Å². The van der Waals surface area contributed by atoms with Gasteiger partial charge in [-0.2, -0.15) is 0 Å². The van der Waals surface area contributed by atoms with E-state index >= 15 is 0 Å². The molecule has 0 aromatic heterocycles. The van der Waals surface area contributed by atoms with Crippen molar-refractivity contribution in [3.05, 3.63) is 34.9 Å². The Morgan fingerprint density at radius 2 is 1.68 bits per heavy atom. The van der Waals surface area contributed by atoms with Gasteiger partial charge in [0.2, 0.25) is 0 Å². The number of benzene rings is 1. The molecule has 0 unspecified atom stereocenters. The van der Waals surface area contributed by atoms with Crippen molar-refractivity contribution in [3.8, 4) is 0 Å². The van der Waals surface area contributed by atoms with Crippen LogP contribution in [0.5, 0.6) is 0 Å². The van der Waals surface area contributed by atoms with Gasteiger partial charge < -0.3 is 4.90 Å². The van der Waals surface area contributed by atoms with E-state index in [9.17, 15) is 0 Å². The number of piperidine rings is 2. The molecule has 2 aliphatic heterocycles. The van der Waals surface area contributed by atoms with Crippen molar-refractivity contribution in [1.29, 1.82) is 0 Å². The summed E-state index contributed by atoms with van der Waals surface area (Å²) in [6.07, 6.45) is 5.18. The van der Waals surface area contributed by atoms with Gasteiger partial charge in [-0.05, 0) is 81.1 Å². The molecule has 22 heavy (non-hydrogen) atoms. The van der Waals surface area contributed by atoms with Crippen LogP contribution in [-0.4, -0.2) is 42.6 Å². The molecule has 1 aromatic carbocycles. The van der Waals surface area contributed by atoms with Crippen LogP contribution in [0.25, 0.3) is 0 Å². The van der Waals surface area contributed by atoms with Gasteiger partial charge in [-0.25, -0.2) is 5.01 Å². The zero-order valence-corrected chi connectivity index (χ0v) is 14.2. The first-order chi connectivity index (χ1) is 10.6. The minimum atomic E-state index is 0.766. The van der Waals surface area contributed by atoms with Crippen LogP contribution >= 0.6 is 0 Å². The maximum Gasteiger partial charge on any atom is 0.0131 e. The van der Waals surface area contributed by atoms with Crippen LogP contribution in [0.4, 0.5) is 0 Å². The van der Waals surface area contributed by atoms with E-state index in [4.69, 9.17) is 5.84 Å². The minimum Gasteiger partial charge on any atom is -0.303 e. The number of nitrogens with two attached hydrogens (primary N) is 1. The summed E-state index contributed by atoms with van der Waals surface area (Å²) >= 11 is 0. The predicted molar refractivity (Wildman–Crippen MR) is 92.8 cm³/mol. The van der Waals surface area contributed by atoms with Crippen molar-refractivity contribution in [2.24, 2.45) is 11.8 Å². The van der Waals surface area contributed by atoms with Crippen molar-refractivity contribution in [2.75, 3.05) is 32.7 Å². The van der Waals surface area contributed by atoms with Gasteiger partial charge in [0.1, 0.15) is 0 Å². The summed E-state index contributed by atoms with van der Waals surface area (Å²) in [5, 5.41) is 1.98. The van der Waals surface area contributed by atoms with Gasteiger partial charge in [0.05, 0.1) is 0 Å². The van der Waals surface area contributed by atoms with E-state index in [1.165, 1.54) is 56.4 Å². The van der Waals surface area contributed by atoms with Crippen molar-refractivity contribution in [1.82, 2.24) is 9.91 Å². The Morgan fingerprint density at radius 3 is 2.36 bits per heavy atom. The predicted octanol–water partition coefficient (Wildman–Crippen LogP) is 3.07. The number of nitrogens with zero attached hydrogens (tertiary/aromatic N) is 2. The van der Waals surface area contributed by atoms with E-state index in [0.717, 1.165) is 24.9 Å². The first kappa shape index (κ1) is 16.0. The third kappa shape index (κ3) is 3.70. The van der Waals surface area contributed by atoms with Crippen LogP contribution in [0.1, 0.15) is 48.3 Å². The number of rotatable bonds is 3. The standard InChI is InChI=1S/C19H31N3/c1-15-4-3-5-19(16(15)2)18-8-10-21(11-9-18)14-17-6-12-22(20)13-7-17/h3-5,17-18H,6-14,20H2,1-2H3. The quantitative estimate of drug-likeness (QED) is 0.871. The summed E-state index contributed by atoms with van der Waals surface area (Å²) in [5.41, 5.74) is 4.54. The molecule has 0 amide bonds. The maximum absolute atomic E-state index is 5.86. The van der Waals surface area contributed by atoms with Crippen molar-refractivity contribution in [2.45, 2.75) is 45.4 Å². The van der Waals surface area contributed by atoms with Crippen molar-refractivity contribution in [3.63, 3.8) is 0 Å². The lowest BCUT2D eigenvalue weighted by molar-refractivity contribution is 0.128. The molecule has 2 fully saturated rings. The molecule has 3 heteroatoms. The normalized spacial score (nSPS) is 23.0. The lowest BCUT2D eigenvalue weighted by atomic mass is 9.85. The summed E-state index contributed by atoms with van der Waals surface area (Å²) < 4.78 is 0. The fourth-order valence-corrected chi connectivity index (χ4v) is 4.14. The average molecular weight is 301 g/mol. The summed E-state index contributed by atoms with van der Waals surface area (Å²) in [7, 11) is 0. The maximum atomic E-state index is 5.86. The van der Waals surface area contributed by atoms with E-state index < -0.39 is 0 Å². The molecular weight excluding hydrogens is 270 g/mol. The van der Waals surface area contributed by atoms with Gasteiger partial charge in [0.15, 0.2) is 0 Å². The van der Waals surface area contributed by atoms with Crippen molar-refractivity contribution < 1.29 is 0 Å². The second-order valence-electron chi connectivity index (χ2n) is 7.34. The van der Waals surface area contributed by atoms with Gasteiger partial charge in [-0.15, -0.1) is 0 Å². The molecule has 0 radical (unpaired) electrons. The highest BCUT2D eigenvalue weighted by Crippen LogP contribution is 2.32. The summed E-state index contributed by atoms with van der Waals surface area (Å²) in [6, 6.07) is 6.81. The number of hydrazine groups is 1. The van der Waals surface area contributed by atoms with Crippen LogP contribution in [0.3, 0.4) is 0 Å². The number of aryl methyl sites for hydroxylation is 1. The fourth-order valence-electron chi connectivity index (χ4n) is 4.14. The molecule has 0 spiro atoms. The summed E-state index contributed by atoms with van der Waals surface area (Å²) in [5.74, 6) is 7.48. The second-order valence-corrected chi connectivity index (χ2v) is 7.34. The molecule has 0 bridgehead atoms. The molecule has 2 heterocycles. The SMILES string of the molecule is Cc1cccc(C2CCN(CC3CCN(N)CC3)CC2)c1C. The number of hydrogen-bond donors (Lipinski definition) is 1. The van der Waals surface area contributed by atoms with Gasteiger partial charge in [-0.3, -0.25) is 5.84 Å². The lowest BCUT2D eigenvalue weighted by Gasteiger charge is -2.37. The Labute approximate surface area is 135 Å². The fraction of sp³-hybridized carbons (Fsp3) is 0.684. The Balaban J connectivity index is 1.51. The Hall–Kier alpha value is -0.900. The third-order valence-electron chi connectivity index (χ3n) is 5.84. The van der Waals surface area contributed by atoms with E-state index in [1.54, 1.807) is 5.56 Å². The van der Waals surface area contributed by atoms with Gasteiger partial charge in [-0.1, -0.05) is 18.2 Å². The molecule has 0 saturated carbocycles. The minimum absolute atomic E-state index is 0.766. The Morgan fingerprint density at radius 1 is 1.00 bits per heavy atom. The molecule has 122 valence electrons. The topological polar surface area (TPSA) is 32.5 Å². The second kappa shape index (κ2) is 7.12. The highest BCUT2D eigenvalue weighted by Gasteiger charge is 2.25. The van der Waals surface area contributed by atoms with Crippen LogP contribution in [-0.2, 0) is 0 Å². The smallest absolute Gasteiger partial charge is 0.0131 e. The summed E-state index contributed by atoms with van der Waals surface area (Å²) in [6.45, 7) is 10.5. The van der Waals surface area contributed by atoms with Gasteiger partial charge >= 0.3 is 0 Å². The van der Waals surface area contributed by atoms with Crippen LogP contribution in [0.2, 0.25) is 0 Å². The van der Waals surface area contributed by atoms with Crippen LogP contribution in [0, 0.1) is 19.8 Å². The molecule has 1 aromatic rings. The summed E-state index contributed by atoms with van der Waals surface area (Å²) in [4.78, 5) is 2.69. The Kier molecular flexibility index (Phi) is 5.17. The Bertz CT molecular complexity index is 483. The van der Waals surface area contributed by atoms with E-state index in [-0.39, 0.29) is 0 Å². The monoisotopic (exact) mass is 301 g/mol. The molecule has 0 aliphatic carbocycles. The molecule has 2 saturated heterocycles.